The van der Waals surface area contributed by atoms with E-state index in [1.54, 1.807) is 13.0 Å². The van der Waals surface area contributed by atoms with Crippen molar-refractivity contribution in [2.24, 2.45) is 0 Å². The second-order valence-electron chi connectivity index (χ2n) is 3.57. The third-order valence-corrected chi connectivity index (χ3v) is 2.22. The predicted molar refractivity (Wildman–Crippen MR) is 61.4 cm³/mol. The first kappa shape index (κ1) is 12.6. The zero-order valence-electron chi connectivity index (χ0n) is 9.43. The molecule has 1 rings (SSSR count). The van der Waals surface area contributed by atoms with Gasteiger partial charge >= 0.3 is 0 Å². The maximum absolute atomic E-state index is 10.9. The van der Waals surface area contributed by atoms with Crippen molar-refractivity contribution in [3.8, 4) is 6.07 Å². The van der Waals surface area contributed by atoms with Gasteiger partial charge in [0.25, 0.3) is 5.69 Å². The molecule has 0 aliphatic rings. The van der Waals surface area contributed by atoms with E-state index in [0.717, 1.165) is 0 Å². The van der Waals surface area contributed by atoms with Crippen molar-refractivity contribution in [3.63, 3.8) is 0 Å². The lowest BCUT2D eigenvalue weighted by Crippen LogP contribution is -2.08. The molecule has 0 aromatic heterocycles. The number of hydrogen-bond acceptors (Lipinski definition) is 4. The molecule has 0 unspecified atom stereocenters. The van der Waals surface area contributed by atoms with Crippen LogP contribution in [0.4, 0.5) is 11.4 Å². The van der Waals surface area contributed by atoms with Crippen molar-refractivity contribution in [2.45, 2.75) is 19.8 Å². The Hall–Kier alpha value is -2.42. The number of nitro benzene ring substituents is 1. The summed E-state index contributed by atoms with van der Waals surface area (Å²) in [6, 6.07) is 6.33. The van der Waals surface area contributed by atoms with Gasteiger partial charge in [0.1, 0.15) is 5.69 Å². The number of nitriles is 1. The van der Waals surface area contributed by atoms with E-state index in [1.807, 2.05) is 6.07 Å². The Morgan fingerprint density at radius 1 is 1.59 bits per heavy atom. The van der Waals surface area contributed by atoms with Crippen LogP contribution < -0.4 is 5.32 Å². The maximum atomic E-state index is 10.9. The van der Waals surface area contributed by atoms with Gasteiger partial charge in [0.15, 0.2) is 0 Å². The fourth-order valence-electron chi connectivity index (χ4n) is 1.34. The van der Waals surface area contributed by atoms with Crippen LogP contribution in [0.15, 0.2) is 18.2 Å². The Labute approximate surface area is 98.0 Å². The van der Waals surface area contributed by atoms with Crippen molar-refractivity contribution in [1.29, 1.82) is 5.26 Å². The summed E-state index contributed by atoms with van der Waals surface area (Å²) >= 11 is 0. The molecule has 0 saturated carbocycles. The normalized spacial score (nSPS) is 11.4. The molecule has 1 amide bonds. The van der Waals surface area contributed by atoms with Crippen molar-refractivity contribution >= 4 is 17.3 Å². The SMILES string of the molecule is CC(=O)Nc1ccc([C@H](C)C#N)cc1[N+](=O)[O-]. The van der Waals surface area contributed by atoms with Crippen molar-refractivity contribution in [3.05, 3.63) is 33.9 Å². The third kappa shape index (κ3) is 3.01. The average Bonchev–Trinajstić information content (AvgIpc) is 2.27. The van der Waals surface area contributed by atoms with Crippen molar-refractivity contribution in [1.82, 2.24) is 0 Å². The van der Waals surface area contributed by atoms with E-state index in [4.69, 9.17) is 5.26 Å². The van der Waals surface area contributed by atoms with Gasteiger partial charge < -0.3 is 5.32 Å². The Bertz CT molecular complexity index is 505. The molecule has 0 heterocycles. The van der Waals surface area contributed by atoms with Gasteiger partial charge in [-0.15, -0.1) is 0 Å². The van der Waals surface area contributed by atoms with Crippen LogP contribution in [0.3, 0.4) is 0 Å². The van der Waals surface area contributed by atoms with E-state index in [0.29, 0.717) is 5.56 Å². The number of rotatable bonds is 3. The molecule has 6 nitrogen and oxygen atoms in total. The number of nitrogens with one attached hydrogen (secondary N) is 1. The van der Waals surface area contributed by atoms with E-state index in [1.165, 1.54) is 19.1 Å². The van der Waals surface area contributed by atoms with Crippen LogP contribution in [0.5, 0.6) is 0 Å². The molecule has 88 valence electrons. The van der Waals surface area contributed by atoms with Crippen molar-refractivity contribution < 1.29 is 9.72 Å². The summed E-state index contributed by atoms with van der Waals surface area (Å²) in [5.41, 5.74) is 0.476. The molecular weight excluding hydrogens is 222 g/mol. The number of nitro groups is 1. The van der Waals surface area contributed by atoms with E-state index in [9.17, 15) is 14.9 Å². The fourth-order valence-corrected chi connectivity index (χ4v) is 1.34. The topological polar surface area (TPSA) is 96.0 Å². The summed E-state index contributed by atoms with van der Waals surface area (Å²) in [6.45, 7) is 2.92. The third-order valence-electron chi connectivity index (χ3n) is 2.22. The van der Waals surface area contributed by atoms with Crippen LogP contribution in [-0.4, -0.2) is 10.8 Å². The molecule has 1 aromatic carbocycles. The van der Waals surface area contributed by atoms with Crippen molar-refractivity contribution in [2.75, 3.05) is 5.32 Å². The standard InChI is InChI=1S/C11H11N3O3/c1-7(6-12)9-3-4-10(13-8(2)15)11(5-9)14(16)17/h3-5,7H,1-2H3,(H,13,15)/t7-/m1/s1. The van der Waals surface area contributed by atoms with E-state index in [2.05, 4.69) is 5.32 Å². The molecule has 1 aromatic rings. The van der Waals surface area contributed by atoms with Gasteiger partial charge in [-0.2, -0.15) is 5.26 Å². The first-order chi connectivity index (χ1) is 7.95. The second-order valence-corrected chi connectivity index (χ2v) is 3.57. The number of anilines is 1. The molecule has 0 radical (unpaired) electrons. The summed E-state index contributed by atoms with van der Waals surface area (Å²) in [6.07, 6.45) is 0. The largest absolute Gasteiger partial charge is 0.321 e. The first-order valence-corrected chi connectivity index (χ1v) is 4.91. The molecule has 0 aliphatic heterocycles. The molecule has 0 saturated heterocycles. The first-order valence-electron chi connectivity index (χ1n) is 4.91. The van der Waals surface area contributed by atoms with Gasteiger partial charge in [0.05, 0.1) is 16.9 Å². The fraction of sp³-hybridized carbons (Fsp3) is 0.273. The summed E-state index contributed by atoms with van der Waals surface area (Å²) in [4.78, 5) is 21.1. The molecule has 1 N–H and O–H groups in total. The van der Waals surface area contributed by atoms with Crippen LogP contribution in [0, 0.1) is 21.4 Å². The Morgan fingerprint density at radius 3 is 2.71 bits per heavy atom. The summed E-state index contributed by atoms with van der Waals surface area (Å²) in [5.74, 6) is -0.811. The van der Waals surface area contributed by atoms with Crippen LogP contribution in [0.25, 0.3) is 0 Å². The number of hydrogen-bond donors (Lipinski definition) is 1. The second kappa shape index (κ2) is 5.07. The molecule has 0 bridgehead atoms. The molecular formula is C11H11N3O3. The smallest absolute Gasteiger partial charge is 0.293 e. The minimum Gasteiger partial charge on any atom is -0.321 e. The zero-order chi connectivity index (χ0) is 13.0. The predicted octanol–water partition coefficient (Wildman–Crippen LogP) is 2.18. The average molecular weight is 233 g/mol. The lowest BCUT2D eigenvalue weighted by atomic mass is 10.0. The Morgan fingerprint density at radius 2 is 2.24 bits per heavy atom. The Balaban J connectivity index is 3.22. The highest BCUT2D eigenvalue weighted by Crippen LogP contribution is 2.28. The van der Waals surface area contributed by atoms with Crippen LogP contribution in [0.2, 0.25) is 0 Å². The highest BCUT2D eigenvalue weighted by molar-refractivity contribution is 5.91. The maximum Gasteiger partial charge on any atom is 0.293 e. The summed E-state index contributed by atoms with van der Waals surface area (Å²) in [5, 5.41) is 22.0. The van der Waals surface area contributed by atoms with Gasteiger partial charge in [0.2, 0.25) is 5.91 Å². The van der Waals surface area contributed by atoms with Gasteiger partial charge in [-0.1, -0.05) is 6.07 Å². The van der Waals surface area contributed by atoms with E-state index in [-0.39, 0.29) is 17.3 Å². The van der Waals surface area contributed by atoms with Crippen LogP contribution in [0.1, 0.15) is 25.3 Å². The quantitative estimate of drug-likeness (QED) is 0.639. The molecule has 0 spiro atoms. The zero-order valence-corrected chi connectivity index (χ0v) is 9.43. The minimum atomic E-state index is -0.584. The lowest BCUT2D eigenvalue weighted by molar-refractivity contribution is -0.384. The molecule has 1 atom stereocenters. The monoisotopic (exact) mass is 233 g/mol. The van der Waals surface area contributed by atoms with Gasteiger partial charge in [-0.05, 0) is 18.6 Å². The minimum absolute atomic E-state index is 0.136. The lowest BCUT2D eigenvalue weighted by Gasteiger charge is -2.07. The van der Waals surface area contributed by atoms with Crippen LogP contribution >= 0.6 is 0 Å². The van der Waals surface area contributed by atoms with Gasteiger partial charge in [-0.3, -0.25) is 14.9 Å². The molecule has 0 aliphatic carbocycles. The number of carbonyl (C=O) groups is 1. The number of benzene rings is 1. The Kier molecular flexibility index (Phi) is 3.78. The van der Waals surface area contributed by atoms with E-state index >= 15 is 0 Å². The number of amides is 1. The molecule has 0 fully saturated rings. The molecule has 6 heteroatoms. The molecule has 17 heavy (non-hydrogen) atoms. The number of carbonyl (C=O) groups excluding carboxylic acids is 1. The van der Waals surface area contributed by atoms with Crippen LogP contribution in [-0.2, 0) is 4.79 Å². The van der Waals surface area contributed by atoms with Gasteiger partial charge in [0, 0.05) is 13.0 Å². The summed E-state index contributed by atoms with van der Waals surface area (Å²) < 4.78 is 0. The summed E-state index contributed by atoms with van der Waals surface area (Å²) in [7, 11) is 0. The highest BCUT2D eigenvalue weighted by Gasteiger charge is 2.17. The van der Waals surface area contributed by atoms with Gasteiger partial charge in [-0.25, -0.2) is 0 Å². The number of nitrogens with zero attached hydrogens (tertiary/aromatic N) is 2. The van der Waals surface area contributed by atoms with E-state index < -0.39 is 10.8 Å². The highest BCUT2D eigenvalue weighted by atomic mass is 16.6.